The molecule has 0 unspecified atom stereocenters. The highest BCUT2D eigenvalue weighted by Crippen LogP contribution is 2.25. The molecule has 0 aliphatic carbocycles. The molecular formula is C22H26FNO4S. The lowest BCUT2D eigenvalue weighted by Crippen LogP contribution is -2.30. The van der Waals surface area contributed by atoms with Gasteiger partial charge in [0.25, 0.3) is 0 Å². The van der Waals surface area contributed by atoms with Gasteiger partial charge in [-0.2, -0.15) is 0 Å². The van der Waals surface area contributed by atoms with Gasteiger partial charge < -0.3 is 5.32 Å². The zero-order chi connectivity index (χ0) is 21.9. The zero-order valence-electron chi connectivity index (χ0n) is 17.3. The van der Waals surface area contributed by atoms with Crippen LogP contribution in [0.15, 0.2) is 24.3 Å². The molecule has 0 fully saturated rings. The largest absolute Gasteiger partial charge is 0.351 e. The van der Waals surface area contributed by atoms with Gasteiger partial charge in [0.05, 0.1) is 5.75 Å². The molecule has 7 heteroatoms. The van der Waals surface area contributed by atoms with Gasteiger partial charge in [-0.1, -0.05) is 18.2 Å². The molecule has 0 radical (unpaired) electrons. The molecule has 0 saturated heterocycles. The van der Waals surface area contributed by atoms with E-state index >= 15 is 0 Å². The molecule has 0 aliphatic rings. The first kappa shape index (κ1) is 22.7. The number of benzene rings is 2. The molecule has 2 rings (SSSR count). The number of hydrogen-bond donors (Lipinski definition) is 1. The molecule has 2 aromatic carbocycles. The molecule has 29 heavy (non-hydrogen) atoms. The highest BCUT2D eigenvalue weighted by Gasteiger charge is 2.22. The van der Waals surface area contributed by atoms with Gasteiger partial charge in [-0.3, -0.25) is 9.59 Å². The van der Waals surface area contributed by atoms with E-state index in [1.165, 1.54) is 13.0 Å². The van der Waals surface area contributed by atoms with Gasteiger partial charge in [-0.05, 0) is 74.1 Å². The molecule has 0 atom stereocenters. The van der Waals surface area contributed by atoms with Gasteiger partial charge in [0.1, 0.15) is 11.6 Å². The van der Waals surface area contributed by atoms with E-state index in [4.69, 9.17) is 0 Å². The fraction of sp³-hybridized carbons (Fsp3) is 0.364. The Kier molecular flexibility index (Phi) is 6.95. The van der Waals surface area contributed by atoms with Crippen LogP contribution in [0.3, 0.4) is 0 Å². The normalized spacial score (nSPS) is 11.4. The highest BCUT2D eigenvalue weighted by molar-refractivity contribution is 7.91. The quantitative estimate of drug-likeness (QED) is 0.697. The number of sulfone groups is 1. The molecule has 156 valence electrons. The van der Waals surface area contributed by atoms with Crippen LogP contribution in [0.2, 0.25) is 0 Å². The summed E-state index contributed by atoms with van der Waals surface area (Å²) in [6.07, 6.45) is 0. The standard InChI is InChI=1S/C22H26FNO4S/c1-13-8-15(3)22(17(5)25)16(4)19(13)11-29(27,28)12-21(26)24-10-18-6-7-20(23)14(2)9-18/h6-9H,10-12H2,1-5H3,(H,24,26). The number of rotatable bonds is 7. The van der Waals surface area contributed by atoms with Crippen LogP contribution < -0.4 is 5.32 Å². The summed E-state index contributed by atoms with van der Waals surface area (Å²) in [5.41, 5.74) is 4.44. The Bertz CT molecular complexity index is 1070. The summed E-state index contributed by atoms with van der Waals surface area (Å²) in [5.74, 6) is -2.05. The van der Waals surface area contributed by atoms with E-state index in [9.17, 15) is 22.4 Å². The minimum Gasteiger partial charge on any atom is -0.351 e. The Hall–Kier alpha value is -2.54. The van der Waals surface area contributed by atoms with Crippen LogP contribution in [0.25, 0.3) is 0 Å². The minimum absolute atomic E-state index is 0.118. The molecule has 1 amide bonds. The third kappa shape index (κ3) is 5.73. The first-order chi connectivity index (χ1) is 13.4. The van der Waals surface area contributed by atoms with Crippen molar-refractivity contribution in [2.45, 2.75) is 46.9 Å². The molecule has 0 aromatic heterocycles. The van der Waals surface area contributed by atoms with Crippen LogP contribution in [0.5, 0.6) is 0 Å². The van der Waals surface area contributed by atoms with E-state index in [0.717, 1.165) is 11.1 Å². The first-order valence-corrected chi connectivity index (χ1v) is 11.1. The molecule has 0 aliphatic heterocycles. The summed E-state index contributed by atoms with van der Waals surface area (Å²) in [6, 6.07) is 6.25. The third-order valence-electron chi connectivity index (χ3n) is 4.91. The van der Waals surface area contributed by atoms with Crippen molar-refractivity contribution in [3.05, 3.63) is 69.0 Å². The maximum Gasteiger partial charge on any atom is 0.235 e. The Labute approximate surface area is 171 Å². The maximum atomic E-state index is 13.3. The highest BCUT2D eigenvalue weighted by atomic mass is 32.2. The monoisotopic (exact) mass is 419 g/mol. The van der Waals surface area contributed by atoms with E-state index in [2.05, 4.69) is 5.32 Å². The summed E-state index contributed by atoms with van der Waals surface area (Å²) in [6.45, 7) is 8.54. The molecule has 0 saturated carbocycles. The van der Waals surface area contributed by atoms with Crippen molar-refractivity contribution in [2.75, 3.05) is 5.75 Å². The van der Waals surface area contributed by atoms with Crippen LogP contribution in [-0.2, 0) is 26.9 Å². The summed E-state index contributed by atoms with van der Waals surface area (Å²) in [4.78, 5) is 24.1. The predicted octanol–water partition coefficient (Wildman–Crippen LogP) is 3.49. The number of hydrogen-bond acceptors (Lipinski definition) is 4. The van der Waals surface area contributed by atoms with E-state index in [0.29, 0.717) is 27.8 Å². The van der Waals surface area contributed by atoms with Crippen molar-refractivity contribution >= 4 is 21.5 Å². The minimum atomic E-state index is -3.74. The first-order valence-electron chi connectivity index (χ1n) is 9.24. The van der Waals surface area contributed by atoms with Crippen molar-refractivity contribution in [3.63, 3.8) is 0 Å². The Morgan fingerprint density at radius 3 is 2.24 bits per heavy atom. The number of amides is 1. The van der Waals surface area contributed by atoms with Crippen LogP contribution in [-0.4, -0.2) is 25.9 Å². The Morgan fingerprint density at radius 1 is 1.00 bits per heavy atom. The van der Waals surface area contributed by atoms with Gasteiger partial charge in [-0.25, -0.2) is 12.8 Å². The lowest BCUT2D eigenvalue weighted by molar-refractivity contribution is -0.118. The second kappa shape index (κ2) is 8.86. The molecule has 0 heterocycles. The van der Waals surface area contributed by atoms with E-state index in [1.807, 2.05) is 6.92 Å². The number of carbonyl (C=O) groups excluding carboxylic acids is 2. The van der Waals surface area contributed by atoms with Gasteiger partial charge >= 0.3 is 0 Å². The number of carbonyl (C=O) groups is 2. The smallest absolute Gasteiger partial charge is 0.235 e. The zero-order valence-corrected chi connectivity index (χ0v) is 18.2. The van der Waals surface area contributed by atoms with Crippen LogP contribution in [0, 0.1) is 33.5 Å². The fourth-order valence-corrected chi connectivity index (χ4v) is 5.02. The second-order valence-electron chi connectivity index (χ2n) is 7.44. The molecule has 0 spiro atoms. The van der Waals surface area contributed by atoms with Crippen LogP contribution in [0.1, 0.15) is 50.7 Å². The van der Waals surface area contributed by atoms with E-state index in [-0.39, 0.29) is 23.9 Å². The Morgan fingerprint density at radius 2 is 1.66 bits per heavy atom. The third-order valence-corrected chi connectivity index (χ3v) is 6.34. The van der Waals surface area contributed by atoms with Crippen molar-refractivity contribution in [1.82, 2.24) is 5.32 Å². The van der Waals surface area contributed by atoms with E-state index < -0.39 is 21.5 Å². The van der Waals surface area contributed by atoms with Gasteiger partial charge in [-0.15, -0.1) is 0 Å². The lowest BCUT2D eigenvalue weighted by atomic mass is 9.92. The number of aryl methyl sites for hydroxylation is 3. The fourth-order valence-electron chi connectivity index (χ4n) is 3.53. The Balaban J connectivity index is 2.12. The second-order valence-corrected chi connectivity index (χ2v) is 9.50. The average molecular weight is 420 g/mol. The molecular weight excluding hydrogens is 393 g/mol. The van der Waals surface area contributed by atoms with Gasteiger partial charge in [0, 0.05) is 12.1 Å². The van der Waals surface area contributed by atoms with Crippen molar-refractivity contribution in [3.8, 4) is 0 Å². The van der Waals surface area contributed by atoms with Crippen molar-refractivity contribution in [2.24, 2.45) is 0 Å². The van der Waals surface area contributed by atoms with Gasteiger partial charge in [0.15, 0.2) is 15.6 Å². The summed E-state index contributed by atoms with van der Waals surface area (Å²) in [5, 5.41) is 2.56. The lowest BCUT2D eigenvalue weighted by Gasteiger charge is -2.16. The number of ketones is 1. The predicted molar refractivity (Wildman–Crippen MR) is 111 cm³/mol. The SMILES string of the molecule is CC(=O)c1c(C)cc(C)c(CS(=O)(=O)CC(=O)NCc2ccc(F)c(C)c2)c1C. The van der Waals surface area contributed by atoms with Crippen molar-refractivity contribution < 1.29 is 22.4 Å². The summed E-state index contributed by atoms with van der Waals surface area (Å²) < 4.78 is 38.5. The molecule has 0 bridgehead atoms. The van der Waals surface area contributed by atoms with E-state index in [1.54, 1.807) is 39.0 Å². The molecule has 1 N–H and O–H groups in total. The maximum absolute atomic E-state index is 13.3. The topological polar surface area (TPSA) is 80.3 Å². The van der Waals surface area contributed by atoms with Crippen molar-refractivity contribution in [1.29, 1.82) is 0 Å². The van der Waals surface area contributed by atoms with Gasteiger partial charge in [0.2, 0.25) is 5.91 Å². The van der Waals surface area contributed by atoms with Crippen LogP contribution in [0.4, 0.5) is 4.39 Å². The van der Waals surface area contributed by atoms with Crippen LogP contribution >= 0.6 is 0 Å². The average Bonchev–Trinajstić information content (AvgIpc) is 2.59. The molecule has 5 nitrogen and oxygen atoms in total. The summed E-state index contributed by atoms with van der Waals surface area (Å²) >= 11 is 0. The number of Topliss-reactive ketones (excluding diaryl/α,β-unsaturated/α-hetero) is 1. The summed E-state index contributed by atoms with van der Waals surface area (Å²) in [7, 11) is -3.74. The number of nitrogens with one attached hydrogen (secondary N) is 1. The molecule has 2 aromatic rings. The number of halogens is 1.